The summed E-state index contributed by atoms with van der Waals surface area (Å²) in [6.45, 7) is 4.15. The van der Waals surface area contributed by atoms with Crippen LogP contribution in [0.3, 0.4) is 0 Å². The van der Waals surface area contributed by atoms with E-state index in [9.17, 15) is 5.11 Å². The standard InChI is InChI=1S/C14H21NO2/c1-10(12-4-5-12)8-15-9-11-3-6-14(17-2)13(16)7-11/h3,6-7,10,12,15-16H,4-5,8-9H2,1-2H3. The largest absolute Gasteiger partial charge is 0.504 e. The van der Waals surface area contributed by atoms with E-state index in [1.54, 1.807) is 19.2 Å². The van der Waals surface area contributed by atoms with Gasteiger partial charge in [0.2, 0.25) is 0 Å². The topological polar surface area (TPSA) is 41.5 Å². The third-order valence-corrected chi connectivity index (χ3v) is 3.47. The quantitative estimate of drug-likeness (QED) is 0.796. The van der Waals surface area contributed by atoms with Crippen molar-refractivity contribution >= 4 is 0 Å². The molecule has 94 valence electrons. The van der Waals surface area contributed by atoms with E-state index in [4.69, 9.17) is 4.74 Å². The van der Waals surface area contributed by atoms with Gasteiger partial charge < -0.3 is 15.2 Å². The lowest BCUT2D eigenvalue weighted by Crippen LogP contribution is -2.21. The number of hydrogen-bond acceptors (Lipinski definition) is 3. The Morgan fingerprint density at radius 3 is 2.82 bits per heavy atom. The van der Waals surface area contributed by atoms with Crippen molar-refractivity contribution in [3.63, 3.8) is 0 Å². The summed E-state index contributed by atoms with van der Waals surface area (Å²) in [6, 6.07) is 5.54. The van der Waals surface area contributed by atoms with Crippen molar-refractivity contribution in [3.8, 4) is 11.5 Å². The molecule has 1 aromatic rings. The van der Waals surface area contributed by atoms with E-state index in [2.05, 4.69) is 12.2 Å². The molecule has 0 aliphatic heterocycles. The lowest BCUT2D eigenvalue weighted by molar-refractivity contribution is 0.372. The van der Waals surface area contributed by atoms with Gasteiger partial charge in [0, 0.05) is 6.54 Å². The zero-order chi connectivity index (χ0) is 12.3. The summed E-state index contributed by atoms with van der Waals surface area (Å²) in [5.74, 6) is 2.44. The Kier molecular flexibility index (Phi) is 3.89. The Morgan fingerprint density at radius 1 is 1.47 bits per heavy atom. The molecule has 1 aliphatic carbocycles. The van der Waals surface area contributed by atoms with Gasteiger partial charge in [-0.05, 0) is 48.9 Å². The molecule has 3 heteroatoms. The second-order valence-electron chi connectivity index (χ2n) is 4.95. The first-order valence-corrected chi connectivity index (χ1v) is 6.27. The third kappa shape index (κ3) is 3.37. The predicted octanol–water partition coefficient (Wildman–Crippen LogP) is 2.54. The summed E-state index contributed by atoms with van der Waals surface area (Å²) in [7, 11) is 1.56. The molecule has 1 aliphatic rings. The zero-order valence-corrected chi connectivity index (χ0v) is 10.6. The van der Waals surface area contributed by atoms with Gasteiger partial charge in [-0.3, -0.25) is 0 Å². The van der Waals surface area contributed by atoms with Crippen LogP contribution in [0.4, 0.5) is 0 Å². The second-order valence-corrected chi connectivity index (χ2v) is 4.95. The first kappa shape index (κ1) is 12.2. The Labute approximate surface area is 103 Å². The highest BCUT2D eigenvalue weighted by Crippen LogP contribution is 2.36. The molecule has 1 atom stereocenters. The first-order valence-electron chi connectivity index (χ1n) is 6.27. The summed E-state index contributed by atoms with van der Waals surface area (Å²) in [6.07, 6.45) is 2.79. The van der Waals surface area contributed by atoms with Crippen LogP contribution in [-0.4, -0.2) is 18.8 Å². The van der Waals surface area contributed by atoms with Crippen molar-refractivity contribution in [3.05, 3.63) is 23.8 Å². The van der Waals surface area contributed by atoms with Crippen LogP contribution in [0.15, 0.2) is 18.2 Å². The van der Waals surface area contributed by atoms with Crippen LogP contribution in [0.1, 0.15) is 25.3 Å². The highest BCUT2D eigenvalue weighted by Gasteiger charge is 2.27. The number of aromatic hydroxyl groups is 1. The highest BCUT2D eigenvalue weighted by molar-refractivity contribution is 5.41. The lowest BCUT2D eigenvalue weighted by atomic mass is 10.1. The molecule has 1 fully saturated rings. The summed E-state index contributed by atoms with van der Waals surface area (Å²) in [4.78, 5) is 0. The first-order chi connectivity index (χ1) is 8.20. The van der Waals surface area contributed by atoms with Crippen LogP contribution in [-0.2, 0) is 6.54 Å². The maximum atomic E-state index is 9.65. The van der Waals surface area contributed by atoms with Crippen molar-refractivity contribution in [2.45, 2.75) is 26.3 Å². The summed E-state index contributed by atoms with van der Waals surface area (Å²) in [5, 5.41) is 13.1. The van der Waals surface area contributed by atoms with Crippen molar-refractivity contribution in [2.75, 3.05) is 13.7 Å². The number of phenolic OH excluding ortho intramolecular Hbond substituents is 1. The molecule has 0 bridgehead atoms. The monoisotopic (exact) mass is 235 g/mol. The average molecular weight is 235 g/mol. The van der Waals surface area contributed by atoms with Crippen LogP contribution < -0.4 is 10.1 Å². The maximum absolute atomic E-state index is 9.65. The summed E-state index contributed by atoms with van der Waals surface area (Å²) < 4.78 is 5.01. The molecule has 1 unspecified atom stereocenters. The Morgan fingerprint density at radius 2 is 2.24 bits per heavy atom. The number of methoxy groups -OCH3 is 1. The van der Waals surface area contributed by atoms with Crippen molar-refractivity contribution in [2.24, 2.45) is 11.8 Å². The zero-order valence-electron chi connectivity index (χ0n) is 10.6. The van der Waals surface area contributed by atoms with Crippen LogP contribution in [0, 0.1) is 11.8 Å². The second kappa shape index (κ2) is 5.41. The van der Waals surface area contributed by atoms with Crippen molar-refractivity contribution < 1.29 is 9.84 Å². The molecular weight excluding hydrogens is 214 g/mol. The molecule has 1 aromatic carbocycles. The van der Waals surface area contributed by atoms with E-state index in [0.29, 0.717) is 5.75 Å². The minimum absolute atomic E-state index is 0.210. The predicted molar refractivity (Wildman–Crippen MR) is 68.3 cm³/mol. The van der Waals surface area contributed by atoms with Gasteiger partial charge in [-0.2, -0.15) is 0 Å². The van der Waals surface area contributed by atoms with Crippen molar-refractivity contribution in [1.82, 2.24) is 5.32 Å². The van der Waals surface area contributed by atoms with Gasteiger partial charge in [-0.15, -0.1) is 0 Å². The number of benzene rings is 1. The summed E-state index contributed by atoms with van der Waals surface area (Å²) >= 11 is 0. The smallest absolute Gasteiger partial charge is 0.160 e. The van der Waals surface area contributed by atoms with E-state index in [1.807, 2.05) is 6.07 Å². The highest BCUT2D eigenvalue weighted by atomic mass is 16.5. The van der Waals surface area contributed by atoms with Crippen molar-refractivity contribution in [1.29, 1.82) is 0 Å². The van der Waals surface area contributed by atoms with Crippen LogP contribution >= 0.6 is 0 Å². The van der Waals surface area contributed by atoms with Gasteiger partial charge in [-0.1, -0.05) is 13.0 Å². The van der Waals surface area contributed by atoms with E-state index in [0.717, 1.165) is 30.5 Å². The van der Waals surface area contributed by atoms with Gasteiger partial charge in [0.25, 0.3) is 0 Å². The minimum atomic E-state index is 0.210. The van der Waals surface area contributed by atoms with Gasteiger partial charge >= 0.3 is 0 Å². The molecule has 2 rings (SSSR count). The van der Waals surface area contributed by atoms with Gasteiger partial charge in [0.1, 0.15) is 0 Å². The Balaban J connectivity index is 1.80. The van der Waals surface area contributed by atoms with Gasteiger partial charge in [-0.25, -0.2) is 0 Å². The molecular formula is C14H21NO2. The number of ether oxygens (including phenoxy) is 1. The molecule has 0 aromatic heterocycles. The van der Waals surface area contributed by atoms with Crippen LogP contribution in [0.2, 0.25) is 0 Å². The molecule has 1 saturated carbocycles. The normalized spacial score (nSPS) is 16.8. The molecule has 0 radical (unpaired) electrons. The van der Waals surface area contributed by atoms with E-state index in [1.165, 1.54) is 12.8 Å². The Bertz CT molecular complexity index is 374. The van der Waals surface area contributed by atoms with E-state index in [-0.39, 0.29) is 5.75 Å². The minimum Gasteiger partial charge on any atom is -0.504 e. The average Bonchev–Trinajstić information content (AvgIpc) is 3.13. The van der Waals surface area contributed by atoms with Crippen LogP contribution in [0.25, 0.3) is 0 Å². The number of phenols is 1. The van der Waals surface area contributed by atoms with E-state index >= 15 is 0 Å². The fourth-order valence-corrected chi connectivity index (χ4v) is 2.12. The molecule has 0 heterocycles. The van der Waals surface area contributed by atoms with E-state index < -0.39 is 0 Å². The molecule has 2 N–H and O–H groups in total. The summed E-state index contributed by atoms with van der Waals surface area (Å²) in [5.41, 5.74) is 1.09. The molecule has 0 spiro atoms. The molecule has 3 nitrogen and oxygen atoms in total. The third-order valence-electron chi connectivity index (χ3n) is 3.47. The SMILES string of the molecule is COc1ccc(CNCC(C)C2CC2)cc1O. The molecule has 0 amide bonds. The molecule has 0 saturated heterocycles. The van der Waals surface area contributed by atoms with Crippen LogP contribution in [0.5, 0.6) is 11.5 Å². The van der Waals surface area contributed by atoms with Gasteiger partial charge in [0.15, 0.2) is 11.5 Å². The lowest BCUT2D eigenvalue weighted by Gasteiger charge is -2.12. The maximum Gasteiger partial charge on any atom is 0.160 e. The number of rotatable bonds is 6. The Hall–Kier alpha value is -1.22. The fourth-order valence-electron chi connectivity index (χ4n) is 2.12. The fraction of sp³-hybridized carbons (Fsp3) is 0.571. The number of nitrogens with one attached hydrogen (secondary N) is 1. The molecule has 17 heavy (non-hydrogen) atoms. The number of hydrogen-bond donors (Lipinski definition) is 2. The van der Waals surface area contributed by atoms with Gasteiger partial charge in [0.05, 0.1) is 7.11 Å².